The normalized spacial score (nSPS) is 13.2. The number of benzene rings is 4. The zero-order chi connectivity index (χ0) is 34.2. The lowest BCUT2D eigenvalue weighted by molar-refractivity contribution is 0.480. The summed E-state index contributed by atoms with van der Waals surface area (Å²) >= 11 is 0. The number of nitrogens with two attached hydrogens (primary N) is 1. The number of fused-ring (bicyclic) bond motifs is 1. The number of anilines is 1. The summed E-state index contributed by atoms with van der Waals surface area (Å²) in [5, 5.41) is 26.7. The fourth-order valence-electron chi connectivity index (χ4n) is 4.07. The van der Waals surface area contributed by atoms with Crippen molar-refractivity contribution in [3.8, 4) is 5.75 Å². The molecule has 0 aromatic heterocycles. The van der Waals surface area contributed by atoms with E-state index in [9.17, 15) is 47.9 Å². The zero-order valence-corrected chi connectivity index (χ0v) is 27.1. The van der Waals surface area contributed by atoms with Crippen LogP contribution in [0.5, 0.6) is 5.75 Å². The van der Waals surface area contributed by atoms with E-state index in [0.717, 1.165) is 36.4 Å². The fourth-order valence-corrected chi connectivity index (χ4v) is 7.33. The number of nitrogen functional groups attached to an aromatic ring is 1. The molecule has 244 valence electrons. The number of phenolic OH excluding ortho intramolecular Hbond substituents is 1. The van der Waals surface area contributed by atoms with Crippen molar-refractivity contribution in [3.05, 3.63) is 60.7 Å². The SMILES string of the molecule is CCS(=O)(=O)c1ccc(N=Nc2ccc3c(N=Nc4ccc(S(=O)(=O)CC)cc4S(=O)(=O)O)c(N)ccc3c2O)c(S(=O)(=O)O)c1. The zero-order valence-electron chi connectivity index (χ0n) is 23.8. The molecule has 0 aliphatic rings. The van der Waals surface area contributed by atoms with Crippen molar-refractivity contribution in [1.82, 2.24) is 0 Å². The van der Waals surface area contributed by atoms with Crippen LogP contribution >= 0.6 is 0 Å². The van der Waals surface area contributed by atoms with Gasteiger partial charge < -0.3 is 10.8 Å². The molecule has 0 fully saturated rings. The Balaban J connectivity index is 1.79. The van der Waals surface area contributed by atoms with Gasteiger partial charge in [0.15, 0.2) is 25.4 Å². The highest BCUT2D eigenvalue weighted by atomic mass is 32.2. The maximum Gasteiger partial charge on any atom is 0.296 e. The molecule has 0 bridgehead atoms. The fraction of sp³-hybridized carbons (Fsp3) is 0.154. The van der Waals surface area contributed by atoms with Crippen LogP contribution in [0, 0.1) is 0 Å². The largest absolute Gasteiger partial charge is 0.505 e. The molecule has 4 aromatic rings. The summed E-state index contributed by atoms with van der Waals surface area (Å²) < 4.78 is 116. The second-order valence-corrected chi connectivity index (χ2v) is 16.8. The maximum atomic E-state index is 12.2. The van der Waals surface area contributed by atoms with Gasteiger partial charge in [-0.2, -0.15) is 16.8 Å². The van der Waals surface area contributed by atoms with E-state index in [1.54, 1.807) is 0 Å². The molecule has 46 heavy (non-hydrogen) atoms. The van der Waals surface area contributed by atoms with Gasteiger partial charge in [0.25, 0.3) is 20.2 Å². The van der Waals surface area contributed by atoms with Crippen LogP contribution in [-0.2, 0) is 39.9 Å². The Bertz CT molecular complexity index is 2390. The van der Waals surface area contributed by atoms with Crippen LogP contribution in [-0.4, -0.2) is 59.4 Å². The second kappa shape index (κ2) is 12.5. The lowest BCUT2D eigenvalue weighted by atomic mass is 10.1. The van der Waals surface area contributed by atoms with Crippen LogP contribution in [0.4, 0.5) is 28.4 Å². The van der Waals surface area contributed by atoms with Crippen LogP contribution in [0.15, 0.2) is 101 Å². The predicted molar refractivity (Wildman–Crippen MR) is 166 cm³/mol. The Labute approximate surface area is 263 Å². The highest BCUT2D eigenvalue weighted by Crippen LogP contribution is 2.43. The molecule has 0 aliphatic heterocycles. The lowest BCUT2D eigenvalue weighted by Crippen LogP contribution is -2.06. The Hall–Kier alpha value is -4.34. The third-order valence-electron chi connectivity index (χ3n) is 6.57. The van der Waals surface area contributed by atoms with Crippen molar-refractivity contribution in [2.24, 2.45) is 20.5 Å². The Morgan fingerprint density at radius 1 is 0.587 bits per heavy atom. The summed E-state index contributed by atoms with van der Waals surface area (Å²) in [5.41, 5.74) is 5.02. The molecule has 16 nitrogen and oxygen atoms in total. The third kappa shape index (κ3) is 7.06. The van der Waals surface area contributed by atoms with Gasteiger partial charge in [0.05, 0.1) is 27.0 Å². The molecule has 4 rings (SSSR count). The minimum absolute atomic E-state index is 0.0310. The van der Waals surface area contributed by atoms with E-state index in [2.05, 4.69) is 20.5 Å². The smallest absolute Gasteiger partial charge is 0.296 e. The molecule has 0 atom stereocenters. The first-order valence-electron chi connectivity index (χ1n) is 12.9. The lowest BCUT2D eigenvalue weighted by Gasteiger charge is -2.09. The van der Waals surface area contributed by atoms with Gasteiger partial charge >= 0.3 is 0 Å². The summed E-state index contributed by atoms with van der Waals surface area (Å²) in [6.07, 6.45) is 0. The van der Waals surface area contributed by atoms with Crippen molar-refractivity contribution < 1.29 is 47.9 Å². The van der Waals surface area contributed by atoms with Gasteiger partial charge in [-0.15, -0.1) is 20.5 Å². The molecule has 0 radical (unpaired) electrons. The summed E-state index contributed by atoms with van der Waals surface area (Å²) in [7, 11) is -17.5. The Morgan fingerprint density at radius 3 is 1.46 bits per heavy atom. The number of aromatic hydroxyl groups is 1. The van der Waals surface area contributed by atoms with E-state index in [0.29, 0.717) is 0 Å². The van der Waals surface area contributed by atoms with E-state index in [1.165, 1.54) is 38.1 Å². The number of nitrogens with zero attached hydrogens (tertiary/aromatic N) is 4. The summed E-state index contributed by atoms with van der Waals surface area (Å²) in [5.74, 6) is -1.13. The van der Waals surface area contributed by atoms with Crippen LogP contribution in [0.2, 0.25) is 0 Å². The molecule has 0 saturated heterocycles. The van der Waals surface area contributed by atoms with E-state index < -0.39 is 66.8 Å². The van der Waals surface area contributed by atoms with Crippen molar-refractivity contribution >= 4 is 79.1 Å². The highest BCUT2D eigenvalue weighted by molar-refractivity contribution is 7.91. The van der Waals surface area contributed by atoms with Gasteiger partial charge in [-0.3, -0.25) is 9.11 Å². The van der Waals surface area contributed by atoms with Crippen molar-refractivity contribution in [2.75, 3.05) is 17.2 Å². The minimum atomic E-state index is -4.94. The first-order chi connectivity index (χ1) is 21.3. The number of hydrogen-bond acceptors (Lipinski definition) is 14. The Kier molecular flexibility index (Phi) is 9.35. The van der Waals surface area contributed by atoms with Gasteiger partial charge in [0.1, 0.15) is 32.5 Å². The molecule has 0 heterocycles. The summed E-state index contributed by atoms with van der Waals surface area (Å²) in [6.45, 7) is 2.71. The molecule has 4 aromatic carbocycles. The summed E-state index contributed by atoms with van der Waals surface area (Å²) in [4.78, 5) is -2.37. The van der Waals surface area contributed by atoms with Crippen molar-refractivity contribution in [3.63, 3.8) is 0 Å². The van der Waals surface area contributed by atoms with E-state index in [1.807, 2.05) is 0 Å². The number of rotatable bonds is 10. The second-order valence-electron chi connectivity index (χ2n) is 9.45. The molecular weight excluding hydrogens is 687 g/mol. The van der Waals surface area contributed by atoms with E-state index in [4.69, 9.17) is 5.73 Å². The molecule has 0 spiro atoms. The van der Waals surface area contributed by atoms with Gasteiger partial charge in [-0.1, -0.05) is 13.8 Å². The predicted octanol–water partition coefficient (Wildman–Crippen LogP) is 5.04. The summed E-state index contributed by atoms with van der Waals surface area (Å²) in [6, 6.07) is 11.1. The number of hydrogen-bond donors (Lipinski definition) is 4. The quantitative estimate of drug-likeness (QED) is 0.0957. The van der Waals surface area contributed by atoms with Gasteiger partial charge in [-0.05, 0) is 60.7 Å². The van der Waals surface area contributed by atoms with Crippen LogP contribution in [0.25, 0.3) is 10.8 Å². The van der Waals surface area contributed by atoms with E-state index >= 15 is 0 Å². The molecule has 0 unspecified atom stereocenters. The van der Waals surface area contributed by atoms with Gasteiger partial charge in [0.2, 0.25) is 0 Å². The molecule has 0 amide bonds. The number of phenols is 1. The van der Waals surface area contributed by atoms with Crippen LogP contribution in [0.3, 0.4) is 0 Å². The first-order valence-corrected chi connectivity index (χ1v) is 19.0. The first kappa shape index (κ1) is 34.5. The number of sulfone groups is 2. The van der Waals surface area contributed by atoms with Crippen LogP contribution < -0.4 is 5.73 Å². The van der Waals surface area contributed by atoms with Crippen LogP contribution in [0.1, 0.15) is 13.8 Å². The van der Waals surface area contributed by atoms with Crippen molar-refractivity contribution in [2.45, 2.75) is 33.4 Å². The monoisotopic (exact) mass is 711 g/mol. The molecule has 5 N–H and O–H groups in total. The minimum Gasteiger partial charge on any atom is -0.505 e. The van der Waals surface area contributed by atoms with Crippen molar-refractivity contribution in [1.29, 1.82) is 0 Å². The average Bonchev–Trinajstić information content (AvgIpc) is 2.99. The molecular formula is C26H25N5O11S4. The number of azo groups is 2. The maximum absolute atomic E-state index is 12.2. The standard InChI is InChI=1S/C26H25N5O11S4/c1-3-43(33,34)15-5-10-20(23(13-15)45(37,38)39)28-30-22-12-8-17-18(26(22)32)7-9-19(27)25(17)31-29-21-11-6-16(44(35,36)4-2)14-24(21)46(40,41)42/h5-14,32H,3-4,27H2,1-2H3,(H,37,38,39)(H,40,41,42). The Morgan fingerprint density at radius 2 is 1.00 bits per heavy atom. The third-order valence-corrected chi connectivity index (χ3v) is 11.8. The molecule has 0 aliphatic carbocycles. The molecule has 20 heteroatoms. The molecule has 0 saturated carbocycles. The average molecular weight is 712 g/mol. The highest BCUT2D eigenvalue weighted by Gasteiger charge is 2.23. The van der Waals surface area contributed by atoms with E-state index in [-0.39, 0.29) is 49.1 Å². The van der Waals surface area contributed by atoms with Gasteiger partial charge in [-0.25, -0.2) is 16.8 Å². The topological polar surface area (TPSA) is 273 Å². The van der Waals surface area contributed by atoms with Gasteiger partial charge in [0, 0.05) is 10.8 Å².